The SMILES string of the molecule is COc1ccc(CC(=O)Nc2nc3ccc(S(=O)(=O)N(C)C)cc3s2)cc1. The van der Waals surface area contributed by atoms with Crippen LogP contribution >= 0.6 is 11.3 Å². The van der Waals surface area contributed by atoms with E-state index in [9.17, 15) is 13.2 Å². The highest BCUT2D eigenvalue weighted by molar-refractivity contribution is 7.89. The van der Waals surface area contributed by atoms with Gasteiger partial charge in [-0.05, 0) is 35.9 Å². The average molecular weight is 406 g/mol. The normalized spacial score (nSPS) is 11.7. The summed E-state index contributed by atoms with van der Waals surface area (Å²) in [6, 6.07) is 12.0. The second kappa shape index (κ2) is 7.63. The fraction of sp³-hybridized carbons (Fsp3) is 0.222. The number of amides is 1. The Labute approximate surface area is 161 Å². The molecule has 0 aliphatic heterocycles. The first-order valence-electron chi connectivity index (χ1n) is 8.05. The van der Waals surface area contributed by atoms with Crippen LogP contribution in [0.4, 0.5) is 5.13 Å². The Hall–Kier alpha value is -2.49. The number of aromatic nitrogens is 1. The van der Waals surface area contributed by atoms with E-state index in [0.717, 1.165) is 15.6 Å². The Balaban J connectivity index is 1.76. The second-order valence-corrected chi connectivity index (χ2v) is 9.19. The van der Waals surface area contributed by atoms with Crippen LogP contribution in [-0.4, -0.2) is 44.8 Å². The lowest BCUT2D eigenvalue weighted by Gasteiger charge is -2.10. The van der Waals surface area contributed by atoms with Gasteiger partial charge in [-0.15, -0.1) is 0 Å². The highest BCUT2D eigenvalue weighted by atomic mass is 32.2. The van der Waals surface area contributed by atoms with Gasteiger partial charge in [-0.1, -0.05) is 23.5 Å². The molecule has 1 aromatic heterocycles. The molecule has 1 heterocycles. The van der Waals surface area contributed by atoms with Gasteiger partial charge in [0.1, 0.15) is 5.75 Å². The van der Waals surface area contributed by atoms with Crippen molar-refractivity contribution in [1.29, 1.82) is 0 Å². The predicted molar refractivity (Wildman–Crippen MR) is 106 cm³/mol. The van der Waals surface area contributed by atoms with E-state index < -0.39 is 10.0 Å². The molecule has 0 unspecified atom stereocenters. The van der Waals surface area contributed by atoms with Crippen LogP contribution in [-0.2, 0) is 21.2 Å². The topological polar surface area (TPSA) is 88.6 Å². The van der Waals surface area contributed by atoms with Crippen molar-refractivity contribution in [3.05, 3.63) is 48.0 Å². The van der Waals surface area contributed by atoms with Crippen molar-refractivity contribution in [2.75, 3.05) is 26.5 Å². The van der Waals surface area contributed by atoms with E-state index in [1.54, 1.807) is 31.4 Å². The fourth-order valence-corrected chi connectivity index (χ4v) is 4.35. The predicted octanol–water partition coefficient (Wildman–Crippen LogP) is 2.74. The Morgan fingerprint density at radius 1 is 1.19 bits per heavy atom. The van der Waals surface area contributed by atoms with Crippen LogP contribution in [0, 0.1) is 0 Å². The summed E-state index contributed by atoms with van der Waals surface area (Å²) in [5, 5.41) is 3.20. The maximum atomic E-state index is 12.3. The molecule has 0 saturated carbocycles. The third kappa shape index (κ3) is 4.26. The number of thiazole rings is 1. The maximum Gasteiger partial charge on any atom is 0.242 e. The highest BCUT2D eigenvalue weighted by Crippen LogP contribution is 2.29. The summed E-state index contributed by atoms with van der Waals surface area (Å²) in [5.74, 6) is 0.536. The third-order valence-corrected chi connectivity index (χ3v) is 6.65. The van der Waals surface area contributed by atoms with Gasteiger partial charge in [-0.2, -0.15) is 0 Å². The standard InChI is InChI=1S/C18H19N3O4S2/c1-21(2)27(23,24)14-8-9-15-16(11-14)26-18(19-15)20-17(22)10-12-4-6-13(25-3)7-5-12/h4-9,11H,10H2,1-3H3,(H,19,20,22). The van der Waals surface area contributed by atoms with Crippen LogP contribution in [0.2, 0.25) is 0 Å². The van der Waals surface area contributed by atoms with Gasteiger partial charge in [0, 0.05) is 14.1 Å². The summed E-state index contributed by atoms with van der Waals surface area (Å²) >= 11 is 1.24. The molecule has 0 fully saturated rings. The van der Waals surface area contributed by atoms with Gasteiger partial charge < -0.3 is 10.1 Å². The minimum atomic E-state index is -3.51. The Morgan fingerprint density at radius 2 is 1.89 bits per heavy atom. The van der Waals surface area contributed by atoms with Gasteiger partial charge in [0.25, 0.3) is 0 Å². The summed E-state index contributed by atoms with van der Waals surface area (Å²) in [7, 11) is 1.04. The summed E-state index contributed by atoms with van der Waals surface area (Å²) in [6.07, 6.45) is 0.209. The summed E-state index contributed by atoms with van der Waals surface area (Å²) in [4.78, 5) is 16.8. The number of benzene rings is 2. The minimum absolute atomic E-state index is 0.194. The lowest BCUT2D eigenvalue weighted by atomic mass is 10.1. The number of sulfonamides is 1. The molecule has 1 amide bonds. The summed E-state index contributed by atoms with van der Waals surface area (Å²) in [6.45, 7) is 0. The van der Waals surface area contributed by atoms with Crippen molar-refractivity contribution >= 4 is 42.6 Å². The number of methoxy groups -OCH3 is 1. The molecule has 0 aliphatic rings. The number of nitrogens with zero attached hydrogens (tertiary/aromatic N) is 2. The molecule has 0 atom stereocenters. The number of fused-ring (bicyclic) bond motifs is 1. The zero-order valence-corrected chi connectivity index (χ0v) is 16.7. The van der Waals surface area contributed by atoms with Gasteiger partial charge in [-0.25, -0.2) is 17.7 Å². The number of hydrogen-bond donors (Lipinski definition) is 1. The van der Waals surface area contributed by atoms with Gasteiger partial charge in [0.2, 0.25) is 15.9 Å². The molecule has 142 valence electrons. The number of ether oxygens (including phenoxy) is 1. The molecule has 1 N–H and O–H groups in total. The third-order valence-electron chi connectivity index (χ3n) is 3.91. The number of hydrogen-bond acceptors (Lipinski definition) is 6. The molecular formula is C18H19N3O4S2. The number of nitrogens with one attached hydrogen (secondary N) is 1. The Kier molecular flexibility index (Phi) is 5.45. The summed E-state index contributed by atoms with van der Waals surface area (Å²) < 4.78 is 31.4. The van der Waals surface area contributed by atoms with Crippen molar-refractivity contribution in [3.8, 4) is 5.75 Å². The van der Waals surface area contributed by atoms with E-state index in [1.165, 1.54) is 31.5 Å². The van der Waals surface area contributed by atoms with Crippen molar-refractivity contribution < 1.29 is 17.9 Å². The molecule has 27 heavy (non-hydrogen) atoms. The number of rotatable bonds is 6. The first kappa shape index (κ1) is 19.3. The number of anilines is 1. The monoisotopic (exact) mass is 405 g/mol. The van der Waals surface area contributed by atoms with E-state index in [2.05, 4.69) is 10.3 Å². The van der Waals surface area contributed by atoms with Crippen molar-refractivity contribution in [1.82, 2.24) is 9.29 Å². The van der Waals surface area contributed by atoms with E-state index in [0.29, 0.717) is 15.3 Å². The van der Waals surface area contributed by atoms with Crippen molar-refractivity contribution in [3.63, 3.8) is 0 Å². The van der Waals surface area contributed by atoms with Crippen LogP contribution in [0.3, 0.4) is 0 Å². The van der Waals surface area contributed by atoms with Gasteiger partial charge in [-0.3, -0.25) is 4.79 Å². The number of carbonyl (C=O) groups excluding carboxylic acids is 1. The molecule has 9 heteroatoms. The minimum Gasteiger partial charge on any atom is -0.497 e. The van der Waals surface area contributed by atoms with Crippen molar-refractivity contribution in [2.24, 2.45) is 0 Å². The molecule has 0 saturated heterocycles. The van der Waals surface area contributed by atoms with Gasteiger partial charge in [0.15, 0.2) is 5.13 Å². The van der Waals surface area contributed by atoms with Gasteiger partial charge in [0.05, 0.1) is 28.6 Å². The molecule has 7 nitrogen and oxygen atoms in total. The fourth-order valence-electron chi connectivity index (χ4n) is 2.42. The molecule has 2 aromatic carbocycles. The van der Waals surface area contributed by atoms with Gasteiger partial charge >= 0.3 is 0 Å². The van der Waals surface area contributed by atoms with Crippen molar-refractivity contribution in [2.45, 2.75) is 11.3 Å². The first-order chi connectivity index (χ1) is 12.8. The molecule has 0 spiro atoms. The zero-order valence-electron chi connectivity index (χ0n) is 15.1. The van der Waals surface area contributed by atoms with E-state index in [4.69, 9.17) is 4.74 Å². The smallest absolute Gasteiger partial charge is 0.242 e. The van der Waals surface area contributed by atoms with E-state index in [1.807, 2.05) is 12.1 Å². The molecule has 3 aromatic rings. The first-order valence-corrected chi connectivity index (χ1v) is 10.3. The second-order valence-electron chi connectivity index (χ2n) is 6.01. The lowest BCUT2D eigenvalue weighted by Crippen LogP contribution is -2.22. The molecule has 0 bridgehead atoms. The zero-order chi connectivity index (χ0) is 19.6. The maximum absolute atomic E-state index is 12.3. The van der Waals surface area contributed by atoms with Crippen LogP contribution in [0.1, 0.15) is 5.56 Å². The molecule has 0 radical (unpaired) electrons. The number of carbonyl (C=O) groups is 1. The van der Waals surface area contributed by atoms with Crippen LogP contribution in [0.25, 0.3) is 10.2 Å². The average Bonchev–Trinajstić information content (AvgIpc) is 3.03. The van der Waals surface area contributed by atoms with Crippen LogP contribution < -0.4 is 10.1 Å². The van der Waals surface area contributed by atoms with Crippen LogP contribution in [0.5, 0.6) is 5.75 Å². The quantitative estimate of drug-likeness (QED) is 0.681. The van der Waals surface area contributed by atoms with E-state index >= 15 is 0 Å². The van der Waals surface area contributed by atoms with Crippen LogP contribution in [0.15, 0.2) is 47.4 Å². The summed E-state index contributed by atoms with van der Waals surface area (Å²) in [5.41, 5.74) is 1.49. The molecule has 3 rings (SSSR count). The Morgan fingerprint density at radius 3 is 2.52 bits per heavy atom. The molecular weight excluding hydrogens is 386 g/mol. The highest BCUT2D eigenvalue weighted by Gasteiger charge is 2.18. The lowest BCUT2D eigenvalue weighted by molar-refractivity contribution is -0.115. The Bertz CT molecular complexity index is 1070. The largest absolute Gasteiger partial charge is 0.497 e. The van der Waals surface area contributed by atoms with E-state index in [-0.39, 0.29) is 17.2 Å². The molecule has 0 aliphatic carbocycles.